The van der Waals surface area contributed by atoms with Gasteiger partial charge < -0.3 is 4.80 Å². The highest BCUT2D eigenvalue weighted by molar-refractivity contribution is 6.82. The molecule has 0 aliphatic rings. The topological polar surface area (TPSA) is 33.1 Å². The maximum absolute atomic E-state index is 9.57. The first kappa shape index (κ1) is 7.43. The third-order valence-electron chi connectivity index (χ3n) is 1.29. The smallest absolute Gasteiger partial charge is 0.233 e. The molecule has 0 aromatic carbocycles. The van der Waals surface area contributed by atoms with E-state index in [0.717, 1.165) is 5.32 Å². The Bertz CT molecular complexity index is 205. The molecule has 0 saturated heterocycles. The van der Waals surface area contributed by atoms with Crippen LogP contribution in [0.5, 0.6) is 0 Å². The van der Waals surface area contributed by atoms with Gasteiger partial charge in [-0.1, -0.05) is 6.07 Å². The summed E-state index contributed by atoms with van der Waals surface area (Å²) in [5.74, 6) is 0. The summed E-state index contributed by atoms with van der Waals surface area (Å²) in [5.41, 5.74) is 0. The SMILES string of the molecule is C[Si](C)(O)c1ccccn1. The van der Waals surface area contributed by atoms with E-state index < -0.39 is 8.32 Å². The first-order valence-electron chi connectivity index (χ1n) is 3.24. The van der Waals surface area contributed by atoms with E-state index >= 15 is 0 Å². The van der Waals surface area contributed by atoms with E-state index in [1.807, 2.05) is 31.3 Å². The highest BCUT2D eigenvalue weighted by Crippen LogP contribution is 1.93. The van der Waals surface area contributed by atoms with Gasteiger partial charge in [0.05, 0.1) is 5.32 Å². The summed E-state index contributed by atoms with van der Waals surface area (Å²) >= 11 is 0. The Balaban J connectivity index is 2.97. The lowest BCUT2D eigenvalue weighted by Crippen LogP contribution is -2.43. The second kappa shape index (κ2) is 2.52. The minimum Gasteiger partial charge on any atom is -0.426 e. The van der Waals surface area contributed by atoms with E-state index in [9.17, 15) is 4.80 Å². The molecule has 0 bridgehead atoms. The molecule has 1 N–H and O–H groups in total. The molecule has 1 rings (SSSR count). The first-order chi connectivity index (χ1) is 4.61. The minimum atomic E-state index is -2.14. The first-order valence-corrected chi connectivity index (χ1v) is 6.19. The number of nitrogens with zero attached hydrogens (tertiary/aromatic N) is 1. The highest BCUT2D eigenvalue weighted by atomic mass is 28.4. The van der Waals surface area contributed by atoms with Crippen molar-refractivity contribution in [3.63, 3.8) is 0 Å². The zero-order chi connectivity index (χ0) is 7.61. The maximum atomic E-state index is 9.57. The Labute approximate surface area is 61.7 Å². The van der Waals surface area contributed by atoms with Crippen LogP contribution in [0.2, 0.25) is 13.1 Å². The zero-order valence-electron chi connectivity index (χ0n) is 6.20. The van der Waals surface area contributed by atoms with Gasteiger partial charge >= 0.3 is 0 Å². The number of pyridine rings is 1. The lowest BCUT2D eigenvalue weighted by molar-refractivity contribution is 0.567. The van der Waals surface area contributed by atoms with Crippen LogP contribution in [-0.4, -0.2) is 18.1 Å². The molecule has 0 amide bonds. The molecule has 0 radical (unpaired) electrons. The van der Waals surface area contributed by atoms with Crippen LogP contribution >= 0.6 is 0 Å². The molecule has 1 aromatic rings. The van der Waals surface area contributed by atoms with E-state index in [2.05, 4.69) is 4.98 Å². The standard InChI is InChI=1S/C7H11NOSi/c1-10(2,9)7-5-3-4-6-8-7/h3-6,9H,1-2H3. The van der Waals surface area contributed by atoms with E-state index in [1.165, 1.54) is 0 Å². The number of hydrogen-bond donors (Lipinski definition) is 1. The van der Waals surface area contributed by atoms with Crippen molar-refractivity contribution in [3.8, 4) is 0 Å². The van der Waals surface area contributed by atoms with Gasteiger partial charge in [-0.05, 0) is 25.2 Å². The van der Waals surface area contributed by atoms with Gasteiger partial charge in [-0.2, -0.15) is 0 Å². The van der Waals surface area contributed by atoms with Crippen LogP contribution in [0.3, 0.4) is 0 Å². The molecular weight excluding hydrogens is 142 g/mol. The van der Waals surface area contributed by atoms with Crippen molar-refractivity contribution >= 4 is 13.6 Å². The third kappa shape index (κ3) is 1.65. The van der Waals surface area contributed by atoms with E-state index in [1.54, 1.807) is 6.20 Å². The van der Waals surface area contributed by atoms with Gasteiger partial charge in [-0.3, -0.25) is 4.98 Å². The molecule has 0 fully saturated rings. The Morgan fingerprint density at radius 3 is 2.40 bits per heavy atom. The average molecular weight is 153 g/mol. The van der Waals surface area contributed by atoms with Crippen LogP contribution in [0.1, 0.15) is 0 Å². The monoisotopic (exact) mass is 153 g/mol. The van der Waals surface area contributed by atoms with Gasteiger partial charge in [0.2, 0.25) is 8.32 Å². The van der Waals surface area contributed by atoms with Crippen molar-refractivity contribution in [1.29, 1.82) is 0 Å². The van der Waals surface area contributed by atoms with Crippen LogP contribution in [0.15, 0.2) is 24.4 Å². The van der Waals surface area contributed by atoms with Gasteiger partial charge in [0.15, 0.2) is 0 Å². The van der Waals surface area contributed by atoms with Crippen LogP contribution in [0, 0.1) is 0 Å². The number of rotatable bonds is 1. The normalized spacial score (nSPS) is 11.5. The van der Waals surface area contributed by atoms with Crippen LogP contribution in [0.25, 0.3) is 0 Å². The summed E-state index contributed by atoms with van der Waals surface area (Å²) in [6.45, 7) is 3.71. The predicted octanol–water partition coefficient (Wildman–Crippen LogP) is 0.486. The van der Waals surface area contributed by atoms with Crippen LogP contribution in [-0.2, 0) is 0 Å². The maximum Gasteiger partial charge on any atom is 0.233 e. The molecule has 0 saturated carbocycles. The predicted molar refractivity (Wildman–Crippen MR) is 43.6 cm³/mol. The molecular formula is C7H11NOSi. The fraction of sp³-hybridized carbons (Fsp3) is 0.286. The highest BCUT2D eigenvalue weighted by Gasteiger charge is 2.20. The van der Waals surface area contributed by atoms with Crippen LogP contribution < -0.4 is 5.32 Å². The second-order valence-corrected chi connectivity index (χ2v) is 6.40. The van der Waals surface area contributed by atoms with Gasteiger partial charge in [-0.25, -0.2) is 0 Å². The molecule has 0 aliphatic heterocycles. The average Bonchev–Trinajstić information content (AvgIpc) is 1.88. The summed E-state index contributed by atoms with van der Waals surface area (Å²) in [6, 6.07) is 5.61. The number of aromatic nitrogens is 1. The number of hydrogen-bond acceptors (Lipinski definition) is 2. The summed E-state index contributed by atoms with van der Waals surface area (Å²) in [4.78, 5) is 13.6. The lowest BCUT2D eigenvalue weighted by atomic mass is 10.5. The molecule has 2 nitrogen and oxygen atoms in total. The molecule has 10 heavy (non-hydrogen) atoms. The third-order valence-corrected chi connectivity index (χ3v) is 2.84. The van der Waals surface area contributed by atoms with Crippen molar-refractivity contribution in [2.45, 2.75) is 13.1 Å². The van der Waals surface area contributed by atoms with E-state index in [-0.39, 0.29) is 0 Å². The van der Waals surface area contributed by atoms with Gasteiger partial charge in [0, 0.05) is 6.20 Å². The van der Waals surface area contributed by atoms with Crippen molar-refractivity contribution in [2.75, 3.05) is 0 Å². The zero-order valence-corrected chi connectivity index (χ0v) is 7.20. The quantitative estimate of drug-likeness (QED) is 0.595. The summed E-state index contributed by atoms with van der Waals surface area (Å²) in [5, 5.41) is 0.843. The molecule has 0 atom stereocenters. The molecule has 1 aromatic heterocycles. The van der Waals surface area contributed by atoms with Crippen molar-refractivity contribution in [3.05, 3.63) is 24.4 Å². The minimum absolute atomic E-state index is 0.843. The molecule has 0 unspecified atom stereocenters. The Hall–Kier alpha value is -0.673. The lowest BCUT2D eigenvalue weighted by Gasteiger charge is -2.11. The Morgan fingerprint density at radius 1 is 1.40 bits per heavy atom. The van der Waals surface area contributed by atoms with Crippen molar-refractivity contribution < 1.29 is 4.80 Å². The van der Waals surface area contributed by atoms with Crippen molar-refractivity contribution in [1.82, 2.24) is 4.98 Å². The summed E-state index contributed by atoms with van der Waals surface area (Å²) in [6.07, 6.45) is 1.71. The summed E-state index contributed by atoms with van der Waals surface area (Å²) < 4.78 is 0. The Kier molecular flexibility index (Phi) is 1.87. The van der Waals surface area contributed by atoms with E-state index in [4.69, 9.17) is 0 Å². The largest absolute Gasteiger partial charge is 0.426 e. The molecule has 0 spiro atoms. The van der Waals surface area contributed by atoms with Gasteiger partial charge in [-0.15, -0.1) is 0 Å². The van der Waals surface area contributed by atoms with E-state index in [0.29, 0.717) is 0 Å². The van der Waals surface area contributed by atoms with Gasteiger partial charge in [0.25, 0.3) is 0 Å². The fourth-order valence-electron chi connectivity index (χ4n) is 0.725. The van der Waals surface area contributed by atoms with Crippen molar-refractivity contribution in [2.24, 2.45) is 0 Å². The molecule has 54 valence electrons. The van der Waals surface area contributed by atoms with Gasteiger partial charge in [0.1, 0.15) is 0 Å². The molecule has 1 heterocycles. The van der Waals surface area contributed by atoms with Crippen LogP contribution in [0.4, 0.5) is 0 Å². The Morgan fingerprint density at radius 2 is 2.10 bits per heavy atom. The fourth-order valence-corrected chi connectivity index (χ4v) is 1.62. The second-order valence-electron chi connectivity index (χ2n) is 2.77. The molecule has 0 aliphatic carbocycles. The molecule has 3 heteroatoms. The summed E-state index contributed by atoms with van der Waals surface area (Å²) in [7, 11) is -2.14.